The Morgan fingerprint density at radius 1 is 1.18 bits per heavy atom. The first-order valence-electron chi connectivity index (χ1n) is 9.47. The molecule has 1 unspecified atom stereocenters. The topological polar surface area (TPSA) is 63.5 Å². The minimum Gasteiger partial charge on any atom is -0.492 e. The van der Waals surface area contributed by atoms with Crippen molar-refractivity contribution in [1.29, 1.82) is 0 Å². The highest BCUT2D eigenvalue weighted by Gasteiger charge is 2.13. The Morgan fingerprint density at radius 3 is 2.36 bits per heavy atom. The van der Waals surface area contributed by atoms with Crippen LogP contribution in [-0.2, 0) is 13.5 Å². The van der Waals surface area contributed by atoms with Gasteiger partial charge in [-0.25, -0.2) is 0 Å². The lowest BCUT2D eigenvalue weighted by Gasteiger charge is -2.18. The number of nitrogens with one attached hydrogen (secondary N) is 2. The summed E-state index contributed by atoms with van der Waals surface area (Å²) < 4.78 is 7.78. The Labute approximate surface area is 186 Å². The van der Waals surface area contributed by atoms with Crippen molar-refractivity contribution >= 4 is 29.9 Å². The van der Waals surface area contributed by atoms with Gasteiger partial charge in [-0.2, -0.15) is 5.10 Å². The SMILES string of the molecule is CN=C(NCCOc1cc(C)cc(C)c1)NC(C)Cc1c(C)nn(C)c1C.I. The molecule has 1 heterocycles. The molecule has 0 spiro atoms. The zero-order valence-corrected chi connectivity index (χ0v) is 20.4. The molecule has 0 radical (unpaired) electrons. The Hall–Kier alpha value is -1.77. The minimum absolute atomic E-state index is 0. The van der Waals surface area contributed by atoms with Crippen molar-refractivity contribution in [2.45, 2.75) is 47.1 Å². The smallest absolute Gasteiger partial charge is 0.191 e. The molecule has 1 aromatic carbocycles. The van der Waals surface area contributed by atoms with E-state index in [4.69, 9.17) is 4.74 Å². The molecule has 1 atom stereocenters. The molecule has 2 aromatic rings. The number of aromatic nitrogens is 2. The van der Waals surface area contributed by atoms with Crippen LogP contribution in [0.25, 0.3) is 0 Å². The summed E-state index contributed by atoms with van der Waals surface area (Å²) >= 11 is 0. The van der Waals surface area contributed by atoms with E-state index < -0.39 is 0 Å². The number of aliphatic imine (C=N–C) groups is 1. The first kappa shape index (κ1) is 24.3. The first-order valence-corrected chi connectivity index (χ1v) is 9.47. The number of hydrogen-bond acceptors (Lipinski definition) is 3. The lowest BCUT2D eigenvalue weighted by atomic mass is 10.1. The number of hydrogen-bond donors (Lipinski definition) is 2. The number of nitrogens with zero attached hydrogens (tertiary/aromatic N) is 3. The summed E-state index contributed by atoms with van der Waals surface area (Å²) in [7, 11) is 3.77. The highest BCUT2D eigenvalue weighted by atomic mass is 127. The number of guanidine groups is 1. The van der Waals surface area contributed by atoms with Gasteiger partial charge < -0.3 is 15.4 Å². The van der Waals surface area contributed by atoms with Gasteiger partial charge in [0.25, 0.3) is 0 Å². The van der Waals surface area contributed by atoms with Crippen LogP contribution in [0, 0.1) is 27.7 Å². The second kappa shape index (κ2) is 11.3. The summed E-state index contributed by atoms with van der Waals surface area (Å²) in [5, 5.41) is 11.2. The number of halogens is 1. The van der Waals surface area contributed by atoms with Gasteiger partial charge in [0.2, 0.25) is 0 Å². The van der Waals surface area contributed by atoms with E-state index in [1.807, 2.05) is 11.7 Å². The normalized spacial score (nSPS) is 12.3. The van der Waals surface area contributed by atoms with Crippen molar-refractivity contribution in [2.24, 2.45) is 12.0 Å². The van der Waals surface area contributed by atoms with E-state index >= 15 is 0 Å². The van der Waals surface area contributed by atoms with Crippen molar-refractivity contribution in [2.75, 3.05) is 20.2 Å². The molecule has 0 saturated carbocycles. The lowest BCUT2D eigenvalue weighted by Crippen LogP contribution is -2.44. The molecule has 28 heavy (non-hydrogen) atoms. The van der Waals surface area contributed by atoms with Crippen molar-refractivity contribution in [1.82, 2.24) is 20.4 Å². The third-order valence-electron chi connectivity index (χ3n) is 4.63. The highest BCUT2D eigenvalue weighted by Crippen LogP contribution is 2.16. The average Bonchev–Trinajstić information content (AvgIpc) is 2.83. The third kappa shape index (κ3) is 7.00. The molecule has 7 heteroatoms. The zero-order chi connectivity index (χ0) is 20.0. The van der Waals surface area contributed by atoms with Crippen LogP contribution in [0.5, 0.6) is 5.75 Å². The van der Waals surface area contributed by atoms with E-state index in [1.54, 1.807) is 7.05 Å². The average molecular weight is 499 g/mol. The van der Waals surface area contributed by atoms with Gasteiger partial charge in [0.05, 0.1) is 12.2 Å². The number of rotatable bonds is 7. The Bertz CT molecular complexity index is 780. The molecule has 1 aromatic heterocycles. The van der Waals surface area contributed by atoms with E-state index in [-0.39, 0.29) is 30.0 Å². The first-order chi connectivity index (χ1) is 12.8. The fourth-order valence-corrected chi connectivity index (χ4v) is 3.25. The molecule has 2 rings (SSSR count). The lowest BCUT2D eigenvalue weighted by molar-refractivity contribution is 0.321. The standard InChI is InChI=1S/C21H33N5O.HI/c1-14-10-15(2)12-19(11-14)27-9-8-23-21(22-6)24-16(3)13-20-17(4)25-26(7)18(20)5;/h10-12,16H,8-9,13H2,1-7H3,(H2,22,23,24);1H. The molecular weight excluding hydrogens is 465 g/mol. The molecule has 0 aliphatic heterocycles. The van der Waals surface area contributed by atoms with Crippen LogP contribution in [0.3, 0.4) is 0 Å². The summed E-state index contributed by atoms with van der Waals surface area (Å²) in [6.07, 6.45) is 0.908. The Kier molecular flexibility index (Phi) is 9.78. The summed E-state index contributed by atoms with van der Waals surface area (Å²) in [4.78, 5) is 4.31. The van der Waals surface area contributed by atoms with Crippen LogP contribution >= 0.6 is 24.0 Å². The van der Waals surface area contributed by atoms with Crippen molar-refractivity contribution < 1.29 is 4.74 Å². The highest BCUT2D eigenvalue weighted by molar-refractivity contribution is 14.0. The molecule has 6 nitrogen and oxygen atoms in total. The van der Waals surface area contributed by atoms with Crippen LogP contribution < -0.4 is 15.4 Å². The number of aryl methyl sites for hydroxylation is 4. The number of benzene rings is 1. The fourth-order valence-electron chi connectivity index (χ4n) is 3.25. The van der Waals surface area contributed by atoms with Crippen LogP contribution in [0.15, 0.2) is 23.2 Å². The quantitative estimate of drug-likeness (QED) is 0.265. The molecule has 0 bridgehead atoms. The number of ether oxygens (including phenoxy) is 1. The van der Waals surface area contributed by atoms with Gasteiger partial charge in [-0.15, -0.1) is 24.0 Å². The second-order valence-corrected chi connectivity index (χ2v) is 7.19. The summed E-state index contributed by atoms with van der Waals surface area (Å²) in [6.45, 7) is 11.8. The van der Waals surface area contributed by atoms with E-state index in [2.05, 4.69) is 73.5 Å². The maximum atomic E-state index is 5.84. The van der Waals surface area contributed by atoms with Gasteiger partial charge in [0.1, 0.15) is 12.4 Å². The minimum atomic E-state index is 0. The maximum absolute atomic E-state index is 5.84. The predicted octanol–water partition coefficient (Wildman–Crippen LogP) is 3.45. The largest absolute Gasteiger partial charge is 0.492 e. The summed E-state index contributed by atoms with van der Waals surface area (Å²) in [5.74, 6) is 1.69. The van der Waals surface area contributed by atoms with Gasteiger partial charge in [0, 0.05) is 25.8 Å². The zero-order valence-electron chi connectivity index (χ0n) is 18.1. The van der Waals surface area contributed by atoms with E-state index in [0.29, 0.717) is 13.2 Å². The molecule has 0 aliphatic rings. The van der Waals surface area contributed by atoms with E-state index in [0.717, 1.165) is 23.8 Å². The van der Waals surface area contributed by atoms with Gasteiger partial charge in [-0.05, 0) is 69.9 Å². The Morgan fingerprint density at radius 2 is 1.82 bits per heavy atom. The molecular formula is C21H34IN5O. The van der Waals surface area contributed by atoms with Gasteiger partial charge in [0.15, 0.2) is 5.96 Å². The predicted molar refractivity (Wildman–Crippen MR) is 127 cm³/mol. The van der Waals surface area contributed by atoms with Crippen LogP contribution in [0.2, 0.25) is 0 Å². The molecule has 0 saturated heterocycles. The van der Waals surface area contributed by atoms with Crippen molar-refractivity contribution in [3.63, 3.8) is 0 Å². The molecule has 0 amide bonds. The van der Waals surface area contributed by atoms with E-state index in [1.165, 1.54) is 22.4 Å². The van der Waals surface area contributed by atoms with Crippen molar-refractivity contribution in [3.05, 3.63) is 46.3 Å². The van der Waals surface area contributed by atoms with Crippen molar-refractivity contribution in [3.8, 4) is 5.75 Å². The van der Waals surface area contributed by atoms with Crippen LogP contribution in [-0.4, -0.2) is 42.0 Å². The molecule has 156 valence electrons. The monoisotopic (exact) mass is 499 g/mol. The van der Waals surface area contributed by atoms with Crippen LogP contribution in [0.4, 0.5) is 0 Å². The van der Waals surface area contributed by atoms with Gasteiger partial charge >= 0.3 is 0 Å². The summed E-state index contributed by atoms with van der Waals surface area (Å²) in [6, 6.07) is 6.50. The van der Waals surface area contributed by atoms with Crippen LogP contribution in [0.1, 0.15) is 35.0 Å². The van der Waals surface area contributed by atoms with E-state index in [9.17, 15) is 0 Å². The molecule has 0 aliphatic carbocycles. The van der Waals surface area contributed by atoms with Gasteiger partial charge in [-0.3, -0.25) is 9.67 Å². The molecule has 0 fully saturated rings. The fraction of sp³-hybridized carbons (Fsp3) is 0.524. The molecule has 2 N–H and O–H groups in total. The second-order valence-electron chi connectivity index (χ2n) is 7.19. The maximum Gasteiger partial charge on any atom is 0.191 e. The Balaban J connectivity index is 0.00000392. The third-order valence-corrected chi connectivity index (χ3v) is 4.63. The summed E-state index contributed by atoms with van der Waals surface area (Å²) in [5.41, 5.74) is 6.03. The van der Waals surface area contributed by atoms with Gasteiger partial charge in [-0.1, -0.05) is 6.07 Å².